The van der Waals surface area contributed by atoms with Crippen LogP contribution in [0.1, 0.15) is 108 Å². The standard InChI is InChI=1S/C27H42O2/c1-4-6-7-8-21-9-11-22(12-10-21)23-13-15-24(16-14-23)25-17-19-27(3,20-18-25)26(28)29-5-2/h9-12,23-25H,4-8,13-20H2,1-3H3. The van der Waals surface area contributed by atoms with Gasteiger partial charge in [0.2, 0.25) is 0 Å². The zero-order valence-electron chi connectivity index (χ0n) is 19.1. The fraction of sp³-hybridized carbons (Fsp3) is 0.741. The van der Waals surface area contributed by atoms with Crippen LogP contribution in [-0.4, -0.2) is 12.6 Å². The molecule has 1 aromatic carbocycles. The molecule has 2 aliphatic carbocycles. The SMILES string of the molecule is CCCCCc1ccc(C2CCC(C3CCC(C)(C(=O)OCC)CC3)CC2)cc1. The minimum absolute atomic E-state index is 0.0281. The van der Waals surface area contributed by atoms with E-state index in [2.05, 4.69) is 38.1 Å². The number of rotatable bonds is 8. The van der Waals surface area contributed by atoms with E-state index in [4.69, 9.17) is 4.74 Å². The molecule has 2 heteroatoms. The topological polar surface area (TPSA) is 26.3 Å². The molecule has 0 radical (unpaired) electrons. The number of benzene rings is 1. The molecule has 29 heavy (non-hydrogen) atoms. The third-order valence-corrected chi connectivity index (χ3v) is 7.86. The van der Waals surface area contributed by atoms with Crippen LogP contribution in [-0.2, 0) is 16.0 Å². The van der Waals surface area contributed by atoms with Crippen LogP contribution in [0.15, 0.2) is 24.3 Å². The summed E-state index contributed by atoms with van der Waals surface area (Å²) in [5.41, 5.74) is 2.83. The highest BCUT2D eigenvalue weighted by molar-refractivity contribution is 5.76. The van der Waals surface area contributed by atoms with Crippen LogP contribution < -0.4 is 0 Å². The van der Waals surface area contributed by atoms with E-state index in [9.17, 15) is 4.79 Å². The van der Waals surface area contributed by atoms with Gasteiger partial charge in [-0.25, -0.2) is 0 Å². The molecule has 2 fully saturated rings. The van der Waals surface area contributed by atoms with E-state index in [0.29, 0.717) is 6.61 Å². The Morgan fingerprint density at radius 2 is 1.55 bits per heavy atom. The molecule has 0 amide bonds. The zero-order valence-corrected chi connectivity index (χ0v) is 19.1. The number of hydrogen-bond donors (Lipinski definition) is 0. The van der Waals surface area contributed by atoms with Crippen LogP contribution in [0.5, 0.6) is 0 Å². The summed E-state index contributed by atoms with van der Waals surface area (Å²) in [7, 11) is 0. The first kappa shape index (κ1) is 22.4. The Labute approximate surface area is 178 Å². The molecule has 0 atom stereocenters. The maximum Gasteiger partial charge on any atom is 0.311 e. The van der Waals surface area contributed by atoms with E-state index in [0.717, 1.165) is 30.6 Å². The van der Waals surface area contributed by atoms with Gasteiger partial charge in [0.25, 0.3) is 0 Å². The molecule has 0 saturated heterocycles. The molecule has 0 aromatic heterocycles. The highest BCUT2D eigenvalue weighted by atomic mass is 16.5. The highest BCUT2D eigenvalue weighted by Crippen LogP contribution is 2.47. The largest absolute Gasteiger partial charge is 0.466 e. The van der Waals surface area contributed by atoms with Crippen LogP contribution in [0, 0.1) is 17.3 Å². The summed E-state index contributed by atoms with van der Waals surface area (Å²) in [4.78, 5) is 12.3. The van der Waals surface area contributed by atoms with Crippen molar-refractivity contribution in [2.24, 2.45) is 17.3 Å². The van der Waals surface area contributed by atoms with E-state index in [1.54, 1.807) is 5.56 Å². The molecule has 0 aliphatic heterocycles. The molecule has 1 aromatic rings. The fourth-order valence-corrected chi connectivity index (χ4v) is 5.72. The van der Waals surface area contributed by atoms with Crippen LogP contribution in [0.25, 0.3) is 0 Å². The van der Waals surface area contributed by atoms with Crippen molar-refractivity contribution in [2.75, 3.05) is 6.61 Å². The van der Waals surface area contributed by atoms with Crippen LogP contribution in [0.3, 0.4) is 0 Å². The third kappa shape index (κ3) is 5.86. The smallest absolute Gasteiger partial charge is 0.311 e. The second kappa shape index (κ2) is 10.6. The van der Waals surface area contributed by atoms with Gasteiger partial charge in [-0.2, -0.15) is 0 Å². The highest BCUT2D eigenvalue weighted by Gasteiger charge is 2.41. The van der Waals surface area contributed by atoms with E-state index < -0.39 is 0 Å². The van der Waals surface area contributed by atoms with E-state index in [1.807, 2.05) is 6.92 Å². The van der Waals surface area contributed by atoms with Gasteiger partial charge >= 0.3 is 5.97 Å². The average Bonchev–Trinajstić information content (AvgIpc) is 2.75. The number of unbranched alkanes of at least 4 members (excludes halogenated alkanes) is 2. The maximum atomic E-state index is 12.3. The summed E-state index contributed by atoms with van der Waals surface area (Å²) in [5.74, 6) is 2.47. The zero-order chi connectivity index (χ0) is 20.7. The molecule has 2 nitrogen and oxygen atoms in total. The summed E-state index contributed by atoms with van der Waals surface area (Å²) in [5, 5.41) is 0. The van der Waals surface area contributed by atoms with Gasteiger partial charge in [0.1, 0.15) is 0 Å². The molecular formula is C27H42O2. The Morgan fingerprint density at radius 3 is 2.14 bits per heavy atom. The van der Waals surface area contributed by atoms with Gasteiger partial charge in [-0.1, -0.05) is 44.0 Å². The molecule has 162 valence electrons. The van der Waals surface area contributed by atoms with Gasteiger partial charge in [-0.05, 0) is 107 Å². The lowest BCUT2D eigenvalue weighted by Crippen LogP contribution is -2.36. The van der Waals surface area contributed by atoms with Crippen molar-refractivity contribution in [1.29, 1.82) is 0 Å². The van der Waals surface area contributed by atoms with Gasteiger partial charge in [-0.15, -0.1) is 0 Å². The van der Waals surface area contributed by atoms with Crippen molar-refractivity contribution in [1.82, 2.24) is 0 Å². The molecule has 0 bridgehead atoms. The number of carbonyl (C=O) groups is 1. The lowest BCUT2D eigenvalue weighted by Gasteiger charge is -2.41. The number of carbonyl (C=O) groups excluding carboxylic acids is 1. The Morgan fingerprint density at radius 1 is 0.931 bits per heavy atom. The minimum Gasteiger partial charge on any atom is -0.466 e. The summed E-state index contributed by atoms with van der Waals surface area (Å²) >= 11 is 0. The van der Waals surface area contributed by atoms with E-state index in [-0.39, 0.29) is 11.4 Å². The minimum atomic E-state index is -0.234. The maximum absolute atomic E-state index is 12.3. The first-order valence-corrected chi connectivity index (χ1v) is 12.3. The number of ether oxygens (including phenoxy) is 1. The predicted molar refractivity (Wildman–Crippen MR) is 121 cm³/mol. The number of hydrogen-bond acceptors (Lipinski definition) is 2. The van der Waals surface area contributed by atoms with Gasteiger partial charge in [0, 0.05) is 0 Å². The monoisotopic (exact) mass is 398 g/mol. The van der Waals surface area contributed by atoms with Crippen LogP contribution in [0.4, 0.5) is 0 Å². The van der Waals surface area contributed by atoms with Crippen molar-refractivity contribution in [3.8, 4) is 0 Å². The molecule has 0 unspecified atom stereocenters. The Balaban J connectivity index is 1.44. The molecule has 0 heterocycles. The summed E-state index contributed by atoms with van der Waals surface area (Å²) in [6.07, 6.45) is 15.0. The van der Waals surface area contributed by atoms with Crippen molar-refractivity contribution in [2.45, 2.75) is 104 Å². The van der Waals surface area contributed by atoms with Crippen LogP contribution in [0.2, 0.25) is 0 Å². The number of esters is 1. The average molecular weight is 399 g/mol. The normalized spacial score (nSPS) is 30.1. The van der Waals surface area contributed by atoms with Crippen molar-refractivity contribution < 1.29 is 9.53 Å². The number of aryl methyl sites for hydroxylation is 1. The van der Waals surface area contributed by atoms with Gasteiger partial charge in [-0.3, -0.25) is 4.79 Å². The van der Waals surface area contributed by atoms with Gasteiger partial charge in [0.05, 0.1) is 12.0 Å². The Hall–Kier alpha value is -1.31. The van der Waals surface area contributed by atoms with Crippen molar-refractivity contribution in [3.63, 3.8) is 0 Å². The fourth-order valence-electron chi connectivity index (χ4n) is 5.72. The lowest BCUT2D eigenvalue weighted by atomic mass is 9.64. The second-order valence-corrected chi connectivity index (χ2v) is 9.93. The molecule has 3 rings (SSSR count). The Kier molecular flexibility index (Phi) is 8.21. The second-order valence-electron chi connectivity index (χ2n) is 9.93. The van der Waals surface area contributed by atoms with Crippen molar-refractivity contribution >= 4 is 5.97 Å². The first-order chi connectivity index (χ1) is 14.1. The summed E-state index contributed by atoms with van der Waals surface area (Å²) in [6, 6.07) is 9.54. The lowest BCUT2D eigenvalue weighted by molar-refractivity contribution is -0.157. The molecule has 0 N–H and O–H groups in total. The Bertz CT molecular complexity index is 616. The third-order valence-electron chi connectivity index (χ3n) is 7.86. The molecule has 2 saturated carbocycles. The first-order valence-electron chi connectivity index (χ1n) is 12.3. The van der Waals surface area contributed by atoms with Crippen LogP contribution >= 0.6 is 0 Å². The summed E-state index contributed by atoms with van der Waals surface area (Å²) < 4.78 is 5.32. The van der Waals surface area contributed by atoms with Gasteiger partial charge in [0.15, 0.2) is 0 Å². The summed E-state index contributed by atoms with van der Waals surface area (Å²) in [6.45, 7) is 6.79. The molecular weight excluding hydrogens is 356 g/mol. The quantitative estimate of drug-likeness (QED) is 0.336. The predicted octanol–water partition coefficient (Wildman–Crippen LogP) is 7.45. The van der Waals surface area contributed by atoms with E-state index >= 15 is 0 Å². The van der Waals surface area contributed by atoms with E-state index in [1.165, 1.54) is 69.8 Å². The molecule has 2 aliphatic rings. The molecule has 0 spiro atoms. The van der Waals surface area contributed by atoms with Crippen molar-refractivity contribution in [3.05, 3.63) is 35.4 Å². The van der Waals surface area contributed by atoms with Gasteiger partial charge < -0.3 is 4.74 Å².